The van der Waals surface area contributed by atoms with Gasteiger partial charge in [0.2, 0.25) is 0 Å². The van der Waals surface area contributed by atoms with Crippen molar-refractivity contribution in [2.75, 3.05) is 6.61 Å². The molecule has 0 spiro atoms. The van der Waals surface area contributed by atoms with E-state index in [2.05, 4.69) is 51.7 Å². The largest absolute Gasteiger partial charge is 0.393 e. The Labute approximate surface area is 196 Å². The van der Waals surface area contributed by atoms with Gasteiger partial charge in [0, 0.05) is 0 Å². The molecule has 3 heteroatoms. The summed E-state index contributed by atoms with van der Waals surface area (Å²) in [7, 11) is 0. The highest BCUT2D eigenvalue weighted by molar-refractivity contribution is 5.25. The summed E-state index contributed by atoms with van der Waals surface area (Å²) in [5.74, 6) is 4.64. The van der Waals surface area contributed by atoms with Crippen LogP contribution >= 0.6 is 0 Å². The lowest BCUT2D eigenvalue weighted by Crippen LogP contribution is -2.50. The molecule has 3 unspecified atom stereocenters. The third kappa shape index (κ3) is 4.27. The molecule has 0 aliphatic heterocycles. The summed E-state index contributed by atoms with van der Waals surface area (Å²) in [6.45, 7) is 12.5. The lowest BCUT2D eigenvalue weighted by Gasteiger charge is -2.58. The van der Waals surface area contributed by atoms with Crippen LogP contribution in [0.1, 0.15) is 98.8 Å². The van der Waals surface area contributed by atoms with Crippen molar-refractivity contribution in [2.45, 2.75) is 105 Å². The molecule has 182 valence electrons. The molecule has 4 rings (SSSR count). The summed E-state index contributed by atoms with van der Waals surface area (Å²) >= 11 is 0. The molecule has 32 heavy (non-hydrogen) atoms. The Hall–Kier alpha value is -0.640. The molecule has 3 nitrogen and oxygen atoms in total. The molecule has 0 saturated heterocycles. The first-order valence-corrected chi connectivity index (χ1v) is 13.5. The quantitative estimate of drug-likeness (QED) is 0.244. The van der Waals surface area contributed by atoms with E-state index in [0.29, 0.717) is 23.4 Å². The van der Waals surface area contributed by atoms with E-state index in [1.807, 2.05) is 0 Å². The number of allylic oxidation sites excluding steroid dienone is 2. The van der Waals surface area contributed by atoms with Crippen LogP contribution in [0.2, 0.25) is 0 Å². The molecule has 0 aromatic carbocycles. The van der Waals surface area contributed by atoms with E-state index in [1.54, 1.807) is 5.57 Å². The van der Waals surface area contributed by atoms with Crippen LogP contribution in [-0.2, 0) is 4.89 Å². The lowest BCUT2D eigenvalue weighted by molar-refractivity contribution is -0.232. The van der Waals surface area contributed by atoms with Crippen molar-refractivity contribution in [3.8, 4) is 0 Å². The maximum Gasteiger partial charge on any atom is 0.100 e. The fourth-order valence-corrected chi connectivity index (χ4v) is 8.98. The van der Waals surface area contributed by atoms with Gasteiger partial charge in [-0.15, -0.1) is 0 Å². The molecule has 4 aliphatic carbocycles. The Morgan fingerprint density at radius 1 is 1.12 bits per heavy atom. The first-order valence-electron chi connectivity index (χ1n) is 13.5. The zero-order chi connectivity index (χ0) is 23.1. The smallest absolute Gasteiger partial charge is 0.100 e. The summed E-state index contributed by atoms with van der Waals surface area (Å²) in [6, 6.07) is 0. The second-order valence-electron chi connectivity index (χ2n) is 12.6. The van der Waals surface area contributed by atoms with Gasteiger partial charge in [0.15, 0.2) is 0 Å². The van der Waals surface area contributed by atoms with Crippen LogP contribution in [0.5, 0.6) is 0 Å². The molecule has 3 fully saturated rings. The lowest BCUT2D eigenvalue weighted by atomic mass is 9.47. The average Bonchev–Trinajstić information content (AvgIpc) is 3.11. The molecule has 0 radical (unpaired) electrons. The predicted molar refractivity (Wildman–Crippen MR) is 131 cm³/mol. The normalized spacial score (nSPS) is 42.8. The summed E-state index contributed by atoms with van der Waals surface area (Å²) in [5, 5.41) is 19.0. The maximum absolute atomic E-state index is 10.3. The zero-order valence-electron chi connectivity index (χ0n) is 21.3. The highest BCUT2D eigenvalue weighted by Gasteiger charge is 2.59. The van der Waals surface area contributed by atoms with Crippen molar-refractivity contribution in [2.24, 2.45) is 46.3 Å². The minimum Gasteiger partial charge on any atom is -0.393 e. The summed E-state index contributed by atoms with van der Waals surface area (Å²) in [6.07, 6.45) is 16.9. The number of aliphatic hydroxyl groups excluding tert-OH is 1. The van der Waals surface area contributed by atoms with Gasteiger partial charge in [-0.05, 0) is 111 Å². The first kappa shape index (κ1) is 24.5. The van der Waals surface area contributed by atoms with E-state index in [-0.39, 0.29) is 6.10 Å². The van der Waals surface area contributed by atoms with Gasteiger partial charge in [-0.3, -0.25) is 5.26 Å². The summed E-state index contributed by atoms with van der Waals surface area (Å²) in [4.78, 5) is 4.32. The Kier molecular flexibility index (Phi) is 7.30. The number of rotatable bonds is 7. The average molecular weight is 445 g/mol. The van der Waals surface area contributed by atoms with E-state index in [1.165, 1.54) is 50.5 Å². The zero-order valence-corrected chi connectivity index (χ0v) is 21.3. The predicted octanol–water partition coefficient (Wildman–Crippen LogP) is 7.41. The van der Waals surface area contributed by atoms with Crippen molar-refractivity contribution in [3.05, 3.63) is 23.3 Å². The Balaban J connectivity index is 1.46. The molecule has 8 atom stereocenters. The Morgan fingerprint density at radius 3 is 2.62 bits per heavy atom. The Morgan fingerprint density at radius 2 is 1.91 bits per heavy atom. The number of hydrogen-bond donors (Lipinski definition) is 2. The van der Waals surface area contributed by atoms with Gasteiger partial charge in [0.05, 0.1) is 6.10 Å². The summed E-state index contributed by atoms with van der Waals surface area (Å²) < 4.78 is 0. The van der Waals surface area contributed by atoms with Gasteiger partial charge in [-0.2, -0.15) is 0 Å². The monoisotopic (exact) mass is 444 g/mol. The van der Waals surface area contributed by atoms with Crippen molar-refractivity contribution in [1.82, 2.24) is 0 Å². The van der Waals surface area contributed by atoms with E-state index in [9.17, 15) is 5.11 Å². The molecular formula is C29H48O3. The van der Waals surface area contributed by atoms with Crippen molar-refractivity contribution in [1.29, 1.82) is 0 Å². The number of aliphatic hydroxyl groups is 1. The SMILES string of the molecule is CC(C)/C(=C/COO)CC[C@@H](C)[C@H]1CCC2C3CC=C4C[C@@H](O)CC[C@]4(C)C3CC[C@@]21C. The minimum atomic E-state index is -0.106. The first-order chi connectivity index (χ1) is 15.2. The summed E-state index contributed by atoms with van der Waals surface area (Å²) in [5.41, 5.74) is 3.85. The fraction of sp³-hybridized carbons (Fsp3) is 0.862. The number of fused-ring (bicyclic) bond motifs is 5. The van der Waals surface area contributed by atoms with Crippen molar-refractivity contribution in [3.63, 3.8) is 0 Å². The van der Waals surface area contributed by atoms with Gasteiger partial charge in [-0.25, -0.2) is 4.89 Å². The molecule has 3 saturated carbocycles. The molecule has 0 amide bonds. The van der Waals surface area contributed by atoms with Gasteiger partial charge in [0.25, 0.3) is 0 Å². The fourth-order valence-electron chi connectivity index (χ4n) is 8.98. The molecule has 0 bridgehead atoms. The topological polar surface area (TPSA) is 49.7 Å². The van der Waals surface area contributed by atoms with Crippen LogP contribution in [0.25, 0.3) is 0 Å². The maximum atomic E-state index is 10.3. The van der Waals surface area contributed by atoms with Crippen molar-refractivity contribution >= 4 is 0 Å². The highest BCUT2D eigenvalue weighted by atomic mass is 17.1. The molecule has 4 aliphatic rings. The van der Waals surface area contributed by atoms with Crippen LogP contribution in [-0.4, -0.2) is 23.1 Å². The number of hydrogen-bond acceptors (Lipinski definition) is 3. The van der Waals surface area contributed by atoms with Crippen LogP contribution in [0, 0.1) is 46.3 Å². The van der Waals surface area contributed by atoms with Gasteiger partial charge < -0.3 is 5.11 Å². The molecule has 0 aromatic rings. The van der Waals surface area contributed by atoms with Gasteiger partial charge in [-0.1, -0.05) is 57.9 Å². The Bertz CT molecular complexity index is 724. The molecule has 0 aromatic heterocycles. The van der Waals surface area contributed by atoms with Gasteiger partial charge >= 0.3 is 0 Å². The van der Waals surface area contributed by atoms with Crippen LogP contribution in [0.15, 0.2) is 23.3 Å². The molecule has 0 heterocycles. The van der Waals surface area contributed by atoms with Crippen LogP contribution < -0.4 is 0 Å². The van der Waals surface area contributed by atoms with Crippen LogP contribution in [0.4, 0.5) is 0 Å². The van der Waals surface area contributed by atoms with E-state index in [4.69, 9.17) is 5.26 Å². The van der Waals surface area contributed by atoms with Gasteiger partial charge in [0.1, 0.15) is 6.61 Å². The van der Waals surface area contributed by atoms with E-state index < -0.39 is 0 Å². The third-order valence-electron chi connectivity index (χ3n) is 10.9. The van der Waals surface area contributed by atoms with E-state index in [0.717, 1.165) is 48.9 Å². The minimum absolute atomic E-state index is 0.106. The third-order valence-corrected chi connectivity index (χ3v) is 10.9. The van der Waals surface area contributed by atoms with Crippen molar-refractivity contribution < 1.29 is 15.3 Å². The standard InChI is InChI=1S/C29H48O3/c1-19(2)21(14-17-32-31)7-6-20(3)25-10-11-26-24-9-8-22-18-23(30)12-15-28(22,4)27(24)13-16-29(25,26)5/h8,14,19-20,23-27,30-31H,6-7,9-13,15-18H2,1-5H3/b21-14+/t20-,23+,24?,25-,26?,27?,28+,29-/m1/s1. The second kappa shape index (κ2) is 9.55. The highest BCUT2D eigenvalue weighted by Crippen LogP contribution is 2.67. The second-order valence-corrected chi connectivity index (χ2v) is 12.6. The van der Waals surface area contributed by atoms with Crippen LogP contribution in [0.3, 0.4) is 0 Å². The van der Waals surface area contributed by atoms with E-state index >= 15 is 0 Å². The molecular weight excluding hydrogens is 396 g/mol. The molecule has 2 N–H and O–H groups in total.